The van der Waals surface area contributed by atoms with Gasteiger partial charge in [0.2, 0.25) is 5.91 Å². The molecular weight excluding hydrogens is 472 g/mol. The highest BCUT2D eigenvalue weighted by Crippen LogP contribution is 2.31. The predicted molar refractivity (Wildman–Crippen MR) is 134 cm³/mol. The normalized spacial score (nSPS) is 11.1. The lowest BCUT2D eigenvalue weighted by molar-refractivity contribution is -0.111. The van der Waals surface area contributed by atoms with Gasteiger partial charge in [-0.1, -0.05) is 6.07 Å². The summed E-state index contributed by atoms with van der Waals surface area (Å²) in [7, 11) is 2.09. The molecule has 9 nitrogen and oxygen atoms in total. The van der Waals surface area contributed by atoms with E-state index in [1.54, 1.807) is 43.5 Å². The lowest BCUT2D eigenvalue weighted by Gasteiger charge is -2.13. The molecule has 0 unspecified atom stereocenters. The van der Waals surface area contributed by atoms with Crippen LogP contribution in [-0.2, 0) is 14.8 Å². The zero-order valence-electron chi connectivity index (χ0n) is 19.7. The number of ether oxygens (including phenoxy) is 4. The summed E-state index contributed by atoms with van der Waals surface area (Å²) in [6.07, 6.45) is 2.99. The molecule has 0 aliphatic carbocycles. The maximum atomic E-state index is 12.8. The van der Waals surface area contributed by atoms with Crippen LogP contribution in [-0.4, -0.2) is 42.8 Å². The molecule has 0 saturated heterocycles. The molecule has 3 aromatic rings. The Morgan fingerprint density at radius 3 is 2.06 bits per heavy atom. The lowest BCUT2D eigenvalue weighted by atomic mass is 10.2. The van der Waals surface area contributed by atoms with E-state index in [2.05, 4.69) is 10.0 Å². The average molecular weight is 499 g/mol. The molecule has 0 saturated carbocycles. The van der Waals surface area contributed by atoms with Crippen LogP contribution in [0, 0.1) is 0 Å². The molecular formula is C25H26N2O7S. The van der Waals surface area contributed by atoms with Crippen molar-refractivity contribution in [1.82, 2.24) is 0 Å². The van der Waals surface area contributed by atoms with Crippen molar-refractivity contribution in [3.8, 4) is 23.0 Å². The molecule has 0 fully saturated rings. The number of hydrogen-bond acceptors (Lipinski definition) is 7. The van der Waals surface area contributed by atoms with Crippen molar-refractivity contribution in [3.05, 3.63) is 72.3 Å². The number of hydrogen-bond donors (Lipinski definition) is 2. The van der Waals surface area contributed by atoms with Gasteiger partial charge in [-0.3, -0.25) is 9.52 Å². The van der Waals surface area contributed by atoms with E-state index in [0.29, 0.717) is 28.7 Å². The molecule has 3 aromatic carbocycles. The summed E-state index contributed by atoms with van der Waals surface area (Å²) < 4.78 is 49.0. The van der Waals surface area contributed by atoms with Crippen LogP contribution >= 0.6 is 0 Å². The number of carbonyl (C=O) groups is 1. The Morgan fingerprint density at radius 1 is 0.771 bits per heavy atom. The number of methoxy groups -OCH3 is 4. The molecule has 3 rings (SSSR count). The van der Waals surface area contributed by atoms with Gasteiger partial charge in [0.1, 0.15) is 11.5 Å². The maximum absolute atomic E-state index is 12.8. The van der Waals surface area contributed by atoms with E-state index in [-0.39, 0.29) is 16.5 Å². The number of anilines is 2. The number of benzene rings is 3. The molecule has 0 aliphatic rings. The van der Waals surface area contributed by atoms with Gasteiger partial charge in [0.15, 0.2) is 11.5 Å². The number of nitrogens with one attached hydrogen (secondary N) is 2. The molecule has 0 spiro atoms. The minimum atomic E-state index is -3.91. The van der Waals surface area contributed by atoms with Gasteiger partial charge in [-0.2, -0.15) is 0 Å². The first-order valence-corrected chi connectivity index (χ1v) is 11.8. The standard InChI is InChI=1S/C25H26N2O7S/c1-31-19-9-13-22(32-2)21(16-19)27-35(29,30)20-10-7-18(8-11-20)26-25(28)14-6-17-5-12-23(33-3)24(15-17)34-4/h5-16,27H,1-4H3,(H,26,28)/b14-6+. The topological polar surface area (TPSA) is 112 Å². The van der Waals surface area contributed by atoms with Gasteiger partial charge in [0.05, 0.1) is 39.0 Å². The smallest absolute Gasteiger partial charge is 0.262 e. The molecule has 2 N–H and O–H groups in total. The third-order valence-electron chi connectivity index (χ3n) is 4.92. The second-order valence-corrected chi connectivity index (χ2v) is 8.82. The van der Waals surface area contributed by atoms with Crippen LogP contribution < -0.4 is 29.0 Å². The van der Waals surface area contributed by atoms with Gasteiger partial charge in [0.25, 0.3) is 10.0 Å². The van der Waals surface area contributed by atoms with Crippen molar-refractivity contribution in [2.45, 2.75) is 4.90 Å². The Morgan fingerprint density at radius 2 is 1.43 bits per heavy atom. The summed E-state index contributed by atoms with van der Waals surface area (Å²) >= 11 is 0. The number of rotatable bonds is 10. The summed E-state index contributed by atoms with van der Waals surface area (Å²) in [6.45, 7) is 0. The molecule has 1 amide bonds. The van der Waals surface area contributed by atoms with E-state index in [9.17, 15) is 13.2 Å². The van der Waals surface area contributed by atoms with Crippen LogP contribution in [0.2, 0.25) is 0 Å². The fraction of sp³-hybridized carbons (Fsp3) is 0.160. The highest BCUT2D eigenvalue weighted by Gasteiger charge is 2.17. The van der Waals surface area contributed by atoms with Crippen LogP contribution in [0.4, 0.5) is 11.4 Å². The Labute approximate surface area is 204 Å². The quantitative estimate of drug-likeness (QED) is 0.404. The molecule has 0 radical (unpaired) electrons. The highest BCUT2D eigenvalue weighted by molar-refractivity contribution is 7.92. The van der Waals surface area contributed by atoms with Crippen molar-refractivity contribution in [2.24, 2.45) is 0 Å². The van der Waals surface area contributed by atoms with E-state index in [0.717, 1.165) is 5.56 Å². The van der Waals surface area contributed by atoms with Gasteiger partial charge in [-0.05, 0) is 60.2 Å². The number of amides is 1. The Hall–Kier alpha value is -4.18. The Kier molecular flexibility index (Phi) is 8.21. The van der Waals surface area contributed by atoms with Crippen LogP contribution in [0.3, 0.4) is 0 Å². The van der Waals surface area contributed by atoms with Gasteiger partial charge in [0, 0.05) is 17.8 Å². The molecule has 0 atom stereocenters. The zero-order valence-corrected chi connectivity index (χ0v) is 20.5. The highest BCUT2D eigenvalue weighted by atomic mass is 32.2. The van der Waals surface area contributed by atoms with E-state index < -0.39 is 10.0 Å². The summed E-state index contributed by atoms with van der Waals surface area (Å²) in [4.78, 5) is 12.3. The summed E-state index contributed by atoms with van der Waals surface area (Å²) in [6, 6.07) is 15.8. The van der Waals surface area contributed by atoms with E-state index in [1.165, 1.54) is 57.7 Å². The third-order valence-corrected chi connectivity index (χ3v) is 6.30. The van der Waals surface area contributed by atoms with Crippen molar-refractivity contribution in [2.75, 3.05) is 38.5 Å². The molecule has 35 heavy (non-hydrogen) atoms. The minimum Gasteiger partial charge on any atom is -0.497 e. The first-order valence-electron chi connectivity index (χ1n) is 10.4. The fourth-order valence-electron chi connectivity index (χ4n) is 3.13. The first kappa shape index (κ1) is 25.4. The van der Waals surface area contributed by atoms with Crippen LogP contribution in [0.15, 0.2) is 71.6 Å². The van der Waals surface area contributed by atoms with Crippen molar-refractivity contribution in [1.29, 1.82) is 0 Å². The van der Waals surface area contributed by atoms with Gasteiger partial charge < -0.3 is 24.3 Å². The second-order valence-electron chi connectivity index (χ2n) is 7.13. The summed E-state index contributed by atoms with van der Waals surface area (Å²) in [5.74, 6) is 1.58. The van der Waals surface area contributed by atoms with E-state index in [1.807, 2.05) is 0 Å². The fourth-order valence-corrected chi connectivity index (χ4v) is 4.19. The third kappa shape index (κ3) is 6.45. The van der Waals surface area contributed by atoms with Crippen LogP contribution in [0.25, 0.3) is 6.08 Å². The molecule has 0 bridgehead atoms. The van der Waals surface area contributed by atoms with Crippen LogP contribution in [0.5, 0.6) is 23.0 Å². The van der Waals surface area contributed by atoms with E-state index in [4.69, 9.17) is 18.9 Å². The Balaban J connectivity index is 1.68. The number of carbonyl (C=O) groups excluding carboxylic acids is 1. The van der Waals surface area contributed by atoms with Crippen molar-refractivity contribution in [3.63, 3.8) is 0 Å². The Bertz CT molecular complexity index is 1320. The average Bonchev–Trinajstić information content (AvgIpc) is 2.87. The predicted octanol–water partition coefficient (Wildman–Crippen LogP) is 4.17. The maximum Gasteiger partial charge on any atom is 0.262 e. The molecule has 0 heterocycles. The van der Waals surface area contributed by atoms with Crippen molar-refractivity contribution < 1.29 is 32.2 Å². The van der Waals surface area contributed by atoms with Gasteiger partial charge >= 0.3 is 0 Å². The summed E-state index contributed by atoms with van der Waals surface area (Å²) in [5.41, 5.74) is 1.42. The zero-order chi connectivity index (χ0) is 25.4. The monoisotopic (exact) mass is 498 g/mol. The van der Waals surface area contributed by atoms with Crippen LogP contribution in [0.1, 0.15) is 5.56 Å². The SMILES string of the molecule is COc1ccc(OC)c(NS(=O)(=O)c2ccc(NC(=O)/C=C/c3ccc(OC)c(OC)c3)cc2)c1. The lowest BCUT2D eigenvalue weighted by Crippen LogP contribution is -2.14. The second kappa shape index (κ2) is 11.3. The number of sulfonamides is 1. The largest absolute Gasteiger partial charge is 0.497 e. The van der Waals surface area contributed by atoms with E-state index >= 15 is 0 Å². The summed E-state index contributed by atoms with van der Waals surface area (Å²) in [5, 5.41) is 2.69. The van der Waals surface area contributed by atoms with Gasteiger partial charge in [-0.25, -0.2) is 8.42 Å². The molecule has 0 aliphatic heterocycles. The van der Waals surface area contributed by atoms with Crippen molar-refractivity contribution >= 4 is 33.4 Å². The molecule has 184 valence electrons. The minimum absolute atomic E-state index is 0.0150. The van der Waals surface area contributed by atoms with Gasteiger partial charge in [-0.15, -0.1) is 0 Å². The molecule has 10 heteroatoms. The molecule has 0 aromatic heterocycles. The first-order chi connectivity index (χ1) is 16.8.